The second-order valence-electron chi connectivity index (χ2n) is 4.52. The standard InChI is InChI=1S/C13H19N5/c1-6-11-8(3)17-18(9(11)4)13-7(2)12(14)15-10(5)16-13/h6H2,1-5H3,(H2,14,15,16). The molecule has 2 rings (SSSR count). The lowest BCUT2D eigenvalue weighted by Crippen LogP contribution is -2.10. The van der Waals surface area contributed by atoms with Crippen molar-refractivity contribution in [2.24, 2.45) is 0 Å². The highest BCUT2D eigenvalue weighted by Gasteiger charge is 2.15. The molecule has 0 fully saturated rings. The molecule has 0 bridgehead atoms. The molecule has 0 saturated heterocycles. The van der Waals surface area contributed by atoms with Crippen LogP contribution in [0.25, 0.3) is 5.82 Å². The number of anilines is 1. The van der Waals surface area contributed by atoms with Crippen LogP contribution in [-0.4, -0.2) is 19.7 Å². The fourth-order valence-electron chi connectivity index (χ4n) is 2.23. The van der Waals surface area contributed by atoms with Crippen molar-refractivity contribution in [2.75, 3.05) is 5.73 Å². The molecule has 5 heteroatoms. The molecule has 0 radical (unpaired) electrons. The van der Waals surface area contributed by atoms with Crippen molar-refractivity contribution in [1.29, 1.82) is 0 Å². The Kier molecular flexibility index (Phi) is 3.07. The maximum Gasteiger partial charge on any atom is 0.162 e. The Bertz CT molecular complexity index is 598. The molecule has 5 nitrogen and oxygen atoms in total. The van der Waals surface area contributed by atoms with Crippen molar-refractivity contribution >= 4 is 5.82 Å². The fourth-order valence-corrected chi connectivity index (χ4v) is 2.23. The van der Waals surface area contributed by atoms with Crippen molar-refractivity contribution in [3.63, 3.8) is 0 Å². The van der Waals surface area contributed by atoms with Crippen LogP contribution in [0, 0.1) is 27.7 Å². The quantitative estimate of drug-likeness (QED) is 0.879. The summed E-state index contributed by atoms with van der Waals surface area (Å²) in [4.78, 5) is 8.63. The van der Waals surface area contributed by atoms with Crippen LogP contribution in [0.4, 0.5) is 5.82 Å². The molecule has 2 aromatic heterocycles. The summed E-state index contributed by atoms with van der Waals surface area (Å²) in [5, 5.41) is 4.57. The largest absolute Gasteiger partial charge is 0.383 e. The van der Waals surface area contributed by atoms with E-state index in [1.165, 1.54) is 5.56 Å². The lowest BCUT2D eigenvalue weighted by molar-refractivity contribution is 0.785. The summed E-state index contributed by atoms with van der Waals surface area (Å²) >= 11 is 0. The number of nitrogens with two attached hydrogens (primary N) is 1. The Labute approximate surface area is 107 Å². The van der Waals surface area contributed by atoms with Crippen molar-refractivity contribution < 1.29 is 0 Å². The highest BCUT2D eigenvalue weighted by molar-refractivity contribution is 5.49. The third-order valence-corrected chi connectivity index (χ3v) is 3.26. The summed E-state index contributed by atoms with van der Waals surface area (Å²) in [5.41, 5.74) is 10.2. The van der Waals surface area contributed by atoms with Crippen LogP contribution in [0.1, 0.15) is 35.3 Å². The van der Waals surface area contributed by atoms with Gasteiger partial charge < -0.3 is 5.73 Å². The molecule has 0 aromatic carbocycles. The van der Waals surface area contributed by atoms with Gasteiger partial charge in [0.1, 0.15) is 11.6 Å². The Balaban J connectivity index is 2.70. The molecule has 0 saturated carbocycles. The highest BCUT2D eigenvalue weighted by Crippen LogP contribution is 2.21. The van der Waals surface area contributed by atoms with Crippen LogP contribution in [0.2, 0.25) is 0 Å². The molecule has 0 aliphatic carbocycles. The van der Waals surface area contributed by atoms with E-state index in [9.17, 15) is 0 Å². The van der Waals surface area contributed by atoms with E-state index < -0.39 is 0 Å². The third-order valence-electron chi connectivity index (χ3n) is 3.26. The molecule has 0 amide bonds. The molecule has 0 spiro atoms. The zero-order valence-corrected chi connectivity index (χ0v) is 11.6. The molecule has 0 atom stereocenters. The average molecular weight is 245 g/mol. The minimum Gasteiger partial charge on any atom is -0.383 e. The number of rotatable bonds is 2. The van der Waals surface area contributed by atoms with Crippen LogP contribution >= 0.6 is 0 Å². The number of aromatic nitrogens is 4. The summed E-state index contributed by atoms with van der Waals surface area (Å²) in [6, 6.07) is 0. The van der Waals surface area contributed by atoms with Crippen molar-refractivity contribution in [3.05, 3.63) is 28.3 Å². The van der Waals surface area contributed by atoms with Crippen LogP contribution < -0.4 is 5.73 Å². The zero-order valence-electron chi connectivity index (χ0n) is 11.6. The van der Waals surface area contributed by atoms with Gasteiger partial charge in [-0.25, -0.2) is 14.6 Å². The van der Waals surface area contributed by atoms with E-state index in [4.69, 9.17) is 5.73 Å². The molecule has 2 aromatic rings. The van der Waals surface area contributed by atoms with Gasteiger partial charge in [-0.3, -0.25) is 0 Å². The summed E-state index contributed by atoms with van der Waals surface area (Å²) in [6.45, 7) is 9.98. The number of hydrogen-bond acceptors (Lipinski definition) is 4. The average Bonchev–Trinajstić information content (AvgIpc) is 2.59. The normalized spacial score (nSPS) is 10.9. The van der Waals surface area contributed by atoms with E-state index in [2.05, 4.69) is 28.9 Å². The van der Waals surface area contributed by atoms with Crippen LogP contribution in [0.15, 0.2) is 0 Å². The first-order chi connectivity index (χ1) is 8.45. The molecule has 18 heavy (non-hydrogen) atoms. The molecule has 2 N–H and O–H groups in total. The summed E-state index contributed by atoms with van der Waals surface area (Å²) in [5.74, 6) is 1.96. The predicted molar refractivity (Wildman–Crippen MR) is 71.9 cm³/mol. The van der Waals surface area contributed by atoms with Gasteiger partial charge in [-0.2, -0.15) is 5.10 Å². The predicted octanol–water partition coefficient (Wildman–Crippen LogP) is 2.04. The fraction of sp³-hybridized carbons (Fsp3) is 0.462. The second kappa shape index (κ2) is 4.40. The lowest BCUT2D eigenvalue weighted by Gasteiger charge is -2.10. The monoisotopic (exact) mass is 245 g/mol. The SMILES string of the molecule is CCc1c(C)nn(-c2nc(C)nc(N)c2C)c1C. The van der Waals surface area contributed by atoms with Crippen LogP contribution in [0.5, 0.6) is 0 Å². The Hall–Kier alpha value is -1.91. The van der Waals surface area contributed by atoms with Gasteiger partial charge in [-0.15, -0.1) is 0 Å². The van der Waals surface area contributed by atoms with Gasteiger partial charge in [0.2, 0.25) is 0 Å². The maximum absolute atomic E-state index is 5.89. The van der Waals surface area contributed by atoms with Gasteiger partial charge in [0.05, 0.1) is 5.69 Å². The van der Waals surface area contributed by atoms with E-state index in [1.807, 2.05) is 25.5 Å². The van der Waals surface area contributed by atoms with Crippen LogP contribution in [0.3, 0.4) is 0 Å². The first-order valence-corrected chi connectivity index (χ1v) is 6.11. The molecule has 2 heterocycles. The van der Waals surface area contributed by atoms with Gasteiger partial charge >= 0.3 is 0 Å². The van der Waals surface area contributed by atoms with Crippen LogP contribution in [-0.2, 0) is 6.42 Å². The Morgan fingerprint density at radius 3 is 2.33 bits per heavy atom. The van der Waals surface area contributed by atoms with E-state index in [0.29, 0.717) is 11.6 Å². The van der Waals surface area contributed by atoms with E-state index >= 15 is 0 Å². The number of nitrogens with zero attached hydrogens (tertiary/aromatic N) is 4. The number of nitrogen functional groups attached to an aromatic ring is 1. The minimum atomic E-state index is 0.517. The Morgan fingerprint density at radius 1 is 1.11 bits per heavy atom. The third kappa shape index (κ3) is 1.85. The smallest absolute Gasteiger partial charge is 0.162 e. The molecule has 0 aliphatic heterocycles. The van der Waals surface area contributed by atoms with Crippen molar-refractivity contribution in [2.45, 2.75) is 41.0 Å². The zero-order chi connectivity index (χ0) is 13.4. The van der Waals surface area contributed by atoms with Crippen molar-refractivity contribution in [3.8, 4) is 5.82 Å². The van der Waals surface area contributed by atoms with E-state index in [0.717, 1.165) is 29.2 Å². The Morgan fingerprint density at radius 2 is 1.78 bits per heavy atom. The molecule has 96 valence electrons. The van der Waals surface area contributed by atoms with Crippen molar-refractivity contribution in [1.82, 2.24) is 19.7 Å². The molecule has 0 aliphatic rings. The highest BCUT2D eigenvalue weighted by atomic mass is 15.3. The summed E-state index contributed by atoms with van der Waals surface area (Å²) in [7, 11) is 0. The number of hydrogen-bond donors (Lipinski definition) is 1. The summed E-state index contributed by atoms with van der Waals surface area (Å²) < 4.78 is 1.87. The molecular weight excluding hydrogens is 226 g/mol. The first-order valence-electron chi connectivity index (χ1n) is 6.11. The van der Waals surface area contributed by atoms with Gasteiger partial charge in [0.15, 0.2) is 5.82 Å². The van der Waals surface area contributed by atoms with Gasteiger partial charge in [0.25, 0.3) is 0 Å². The van der Waals surface area contributed by atoms with Gasteiger partial charge in [-0.1, -0.05) is 6.92 Å². The van der Waals surface area contributed by atoms with E-state index in [-0.39, 0.29) is 0 Å². The summed E-state index contributed by atoms with van der Waals surface area (Å²) in [6.07, 6.45) is 0.969. The van der Waals surface area contributed by atoms with Gasteiger partial charge in [0, 0.05) is 11.3 Å². The number of aryl methyl sites for hydroxylation is 2. The van der Waals surface area contributed by atoms with Gasteiger partial charge in [-0.05, 0) is 39.7 Å². The maximum atomic E-state index is 5.89. The molecule has 0 unspecified atom stereocenters. The second-order valence-corrected chi connectivity index (χ2v) is 4.52. The minimum absolute atomic E-state index is 0.517. The topological polar surface area (TPSA) is 69.6 Å². The van der Waals surface area contributed by atoms with E-state index in [1.54, 1.807) is 0 Å². The molecular formula is C13H19N5. The lowest BCUT2D eigenvalue weighted by atomic mass is 10.1. The first kappa shape index (κ1) is 12.5.